The lowest BCUT2D eigenvalue weighted by Crippen LogP contribution is -2.47. The lowest BCUT2D eigenvalue weighted by molar-refractivity contribution is 0.0289. The molecule has 1 heterocycles. The number of ether oxygens (including phenoxy) is 1. The highest BCUT2D eigenvalue weighted by Crippen LogP contribution is 2.24. The standard InChI is InChI=1S/C16H32N2O3/c1-15(2,3)13(8-10-19)17-12-7-9-18(11-12)14(20)21-16(4,5)6/h12-13,17,19H,7-11H2,1-6H3/t12-,13+/m0/s1. The quantitative estimate of drug-likeness (QED) is 0.837. The fourth-order valence-electron chi connectivity index (χ4n) is 2.57. The van der Waals surface area contributed by atoms with Crippen LogP contribution in [0.3, 0.4) is 0 Å². The van der Waals surface area contributed by atoms with Crippen molar-refractivity contribution in [1.29, 1.82) is 0 Å². The van der Waals surface area contributed by atoms with Gasteiger partial charge in [-0.05, 0) is 39.0 Å². The first kappa shape index (κ1) is 18.2. The van der Waals surface area contributed by atoms with Gasteiger partial charge in [0.1, 0.15) is 5.60 Å². The highest BCUT2D eigenvalue weighted by atomic mass is 16.6. The molecule has 1 aliphatic heterocycles. The van der Waals surface area contributed by atoms with Crippen LogP contribution in [0.15, 0.2) is 0 Å². The van der Waals surface area contributed by atoms with Crippen LogP contribution in [0, 0.1) is 5.41 Å². The summed E-state index contributed by atoms with van der Waals surface area (Å²) in [4.78, 5) is 13.8. The van der Waals surface area contributed by atoms with Crippen molar-refractivity contribution < 1.29 is 14.6 Å². The monoisotopic (exact) mass is 300 g/mol. The molecule has 0 aromatic carbocycles. The molecule has 0 spiro atoms. The Bertz CT molecular complexity index is 344. The summed E-state index contributed by atoms with van der Waals surface area (Å²) in [6.07, 6.45) is 1.42. The van der Waals surface area contributed by atoms with Gasteiger partial charge in [-0.1, -0.05) is 20.8 Å². The summed E-state index contributed by atoms with van der Waals surface area (Å²) in [5.74, 6) is 0. The van der Waals surface area contributed by atoms with E-state index in [0.717, 1.165) is 19.4 Å². The Labute approximate surface area is 129 Å². The molecule has 0 aromatic heterocycles. The van der Waals surface area contributed by atoms with Crippen molar-refractivity contribution in [2.75, 3.05) is 19.7 Å². The van der Waals surface area contributed by atoms with E-state index in [1.807, 2.05) is 20.8 Å². The molecule has 124 valence electrons. The molecule has 1 amide bonds. The van der Waals surface area contributed by atoms with Gasteiger partial charge >= 0.3 is 6.09 Å². The second-order valence-electron chi connectivity index (χ2n) is 8.01. The van der Waals surface area contributed by atoms with Gasteiger partial charge in [-0.3, -0.25) is 0 Å². The first-order valence-corrected chi connectivity index (χ1v) is 7.88. The van der Waals surface area contributed by atoms with Crippen molar-refractivity contribution in [1.82, 2.24) is 10.2 Å². The van der Waals surface area contributed by atoms with Gasteiger partial charge in [-0.2, -0.15) is 0 Å². The van der Waals surface area contributed by atoms with Gasteiger partial charge in [0.25, 0.3) is 0 Å². The summed E-state index contributed by atoms with van der Waals surface area (Å²) in [5.41, 5.74) is -0.366. The van der Waals surface area contributed by atoms with E-state index in [9.17, 15) is 9.90 Å². The van der Waals surface area contributed by atoms with Gasteiger partial charge in [-0.15, -0.1) is 0 Å². The van der Waals surface area contributed by atoms with Gasteiger partial charge in [0.05, 0.1) is 0 Å². The van der Waals surface area contributed by atoms with Crippen LogP contribution in [0.25, 0.3) is 0 Å². The Morgan fingerprint density at radius 2 is 1.95 bits per heavy atom. The van der Waals surface area contributed by atoms with Crippen LogP contribution < -0.4 is 5.32 Å². The van der Waals surface area contributed by atoms with Gasteiger partial charge in [0.15, 0.2) is 0 Å². The molecule has 1 saturated heterocycles. The molecule has 5 heteroatoms. The number of rotatable bonds is 4. The Kier molecular flexibility index (Phi) is 6.05. The second-order valence-corrected chi connectivity index (χ2v) is 8.01. The molecule has 0 saturated carbocycles. The predicted molar refractivity (Wildman–Crippen MR) is 84.3 cm³/mol. The van der Waals surface area contributed by atoms with Crippen molar-refractivity contribution in [3.8, 4) is 0 Å². The van der Waals surface area contributed by atoms with Crippen LogP contribution in [0.5, 0.6) is 0 Å². The number of aliphatic hydroxyl groups is 1. The summed E-state index contributed by atoms with van der Waals surface area (Å²) in [6, 6.07) is 0.513. The molecule has 0 radical (unpaired) electrons. The van der Waals surface area contributed by atoms with E-state index < -0.39 is 5.60 Å². The number of carbonyl (C=O) groups excluding carboxylic acids is 1. The number of aliphatic hydroxyl groups excluding tert-OH is 1. The van der Waals surface area contributed by atoms with E-state index in [1.54, 1.807) is 4.90 Å². The average Bonchev–Trinajstić information content (AvgIpc) is 2.73. The molecule has 1 aliphatic rings. The molecule has 2 N–H and O–H groups in total. The topological polar surface area (TPSA) is 61.8 Å². The van der Waals surface area contributed by atoms with E-state index in [0.29, 0.717) is 6.54 Å². The minimum atomic E-state index is -0.451. The zero-order chi connectivity index (χ0) is 16.3. The van der Waals surface area contributed by atoms with Crippen LogP contribution in [0.4, 0.5) is 4.79 Å². The number of nitrogens with zero attached hydrogens (tertiary/aromatic N) is 1. The third-order valence-electron chi connectivity index (χ3n) is 3.74. The van der Waals surface area contributed by atoms with Gasteiger partial charge in [0.2, 0.25) is 0 Å². The molecular weight excluding hydrogens is 268 g/mol. The SMILES string of the molecule is CC(C)(C)OC(=O)N1CC[C@H](N[C@H](CCO)C(C)(C)C)C1. The molecule has 0 bridgehead atoms. The number of hydrogen-bond acceptors (Lipinski definition) is 4. The first-order chi connectivity index (χ1) is 9.53. The van der Waals surface area contributed by atoms with E-state index in [1.165, 1.54) is 0 Å². The fraction of sp³-hybridized carbons (Fsp3) is 0.938. The zero-order valence-electron chi connectivity index (χ0n) is 14.4. The fourth-order valence-corrected chi connectivity index (χ4v) is 2.57. The number of likely N-dealkylation sites (tertiary alicyclic amines) is 1. The summed E-state index contributed by atoms with van der Waals surface area (Å²) in [6.45, 7) is 13.7. The van der Waals surface area contributed by atoms with Crippen LogP contribution >= 0.6 is 0 Å². The molecule has 21 heavy (non-hydrogen) atoms. The van der Waals surface area contributed by atoms with Crippen molar-refractivity contribution >= 4 is 6.09 Å². The molecule has 1 rings (SSSR count). The van der Waals surface area contributed by atoms with E-state index in [2.05, 4.69) is 26.1 Å². The maximum atomic E-state index is 12.1. The summed E-state index contributed by atoms with van der Waals surface area (Å²) in [5, 5.41) is 12.8. The largest absolute Gasteiger partial charge is 0.444 e. The maximum absolute atomic E-state index is 12.1. The lowest BCUT2D eigenvalue weighted by Gasteiger charge is -2.33. The van der Waals surface area contributed by atoms with Crippen LogP contribution in [0.1, 0.15) is 54.4 Å². The highest BCUT2D eigenvalue weighted by Gasteiger charge is 2.33. The summed E-state index contributed by atoms with van der Waals surface area (Å²) in [7, 11) is 0. The maximum Gasteiger partial charge on any atom is 0.410 e. The Hall–Kier alpha value is -0.810. The minimum Gasteiger partial charge on any atom is -0.444 e. The average molecular weight is 300 g/mol. The Morgan fingerprint density at radius 1 is 1.33 bits per heavy atom. The van der Waals surface area contributed by atoms with Crippen LogP contribution in [0.2, 0.25) is 0 Å². The molecule has 2 atom stereocenters. The zero-order valence-corrected chi connectivity index (χ0v) is 14.4. The molecular formula is C16H32N2O3. The molecule has 0 unspecified atom stereocenters. The molecule has 0 aliphatic carbocycles. The van der Waals surface area contributed by atoms with E-state index in [-0.39, 0.29) is 30.2 Å². The first-order valence-electron chi connectivity index (χ1n) is 7.88. The predicted octanol–water partition coefficient (Wildman–Crippen LogP) is 2.38. The van der Waals surface area contributed by atoms with Crippen molar-refractivity contribution in [2.24, 2.45) is 5.41 Å². The van der Waals surface area contributed by atoms with Crippen molar-refractivity contribution in [2.45, 2.75) is 72.1 Å². The summed E-state index contributed by atoms with van der Waals surface area (Å²) < 4.78 is 5.41. The number of amides is 1. The highest BCUT2D eigenvalue weighted by molar-refractivity contribution is 5.68. The molecule has 1 fully saturated rings. The Balaban J connectivity index is 2.52. The number of carbonyl (C=O) groups is 1. The van der Waals surface area contributed by atoms with Gasteiger partial charge in [-0.25, -0.2) is 4.79 Å². The van der Waals surface area contributed by atoms with Crippen molar-refractivity contribution in [3.63, 3.8) is 0 Å². The van der Waals surface area contributed by atoms with Gasteiger partial charge < -0.3 is 20.1 Å². The minimum absolute atomic E-state index is 0.0854. The third kappa shape index (κ3) is 6.22. The van der Waals surface area contributed by atoms with Crippen LogP contribution in [-0.2, 0) is 4.74 Å². The number of nitrogens with one attached hydrogen (secondary N) is 1. The molecule has 5 nitrogen and oxygen atoms in total. The molecule has 0 aromatic rings. The lowest BCUT2D eigenvalue weighted by atomic mass is 9.84. The normalized spacial score (nSPS) is 21.5. The Morgan fingerprint density at radius 3 is 2.43 bits per heavy atom. The van der Waals surface area contributed by atoms with E-state index >= 15 is 0 Å². The third-order valence-corrected chi connectivity index (χ3v) is 3.74. The van der Waals surface area contributed by atoms with Crippen LogP contribution in [-0.4, -0.2) is 53.5 Å². The summed E-state index contributed by atoms with van der Waals surface area (Å²) >= 11 is 0. The number of hydrogen-bond donors (Lipinski definition) is 2. The second kappa shape index (κ2) is 6.97. The van der Waals surface area contributed by atoms with E-state index in [4.69, 9.17) is 4.74 Å². The smallest absolute Gasteiger partial charge is 0.410 e. The van der Waals surface area contributed by atoms with Gasteiger partial charge in [0, 0.05) is 31.8 Å². The van der Waals surface area contributed by atoms with Crippen molar-refractivity contribution in [3.05, 3.63) is 0 Å².